The van der Waals surface area contributed by atoms with Gasteiger partial charge in [0, 0.05) is 5.69 Å². The van der Waals surface area contributed by atoms with Crippen LogP contribution in [0, 0.1) is 0 Å². The molecule has 6 nitrogen and oxygen atoms in total. The van der Waals surface area contributed by atoms with E-state index < -0.39 is 18.4 Å². The highest BCUT2D eigenvalue weighted by Gasteiger charge is 2.30. The fraction of sp³-hybridized carbons (Fsp3) is 0.200. The number of rotatable bonds is 1. The van der Waals surface area contributed by atoms with Gasteiger partial charge >= 0.3 is 0 Å². The smallest absolute Gasteiger partial charge is 0.271 e. The number of carbonyl (C=O) groups excluding carboxylic acids is 2. The van der Waals surface area contributed by atoms with Crippen molar-refractivity contribution in [2.24, 2.45) is 0 Å². The number of anilines is 2. The average molecular weight is 222 g/mol. The quantitative estimate of drug-likeness (QED) is 0.625. The summed E-state index contributed by atoms with van der Waals surface area (Å²) in [4.78, 5) is 23.8. The van der Waals surface area contributed by atoms with Crippen LogP contribution in [0.5, 0.6) is 5.75 Å². The predicted octanol–water partition coefficient (Wildman–Crippen LogP) is -0.487. The number of ether oxygens (including phenoxy) is 1. The Morgan fingerprint density at radius 2 is 2.31 bits per heavy atom. The molecular weight excluding hydrogens is 212 g/mol. The standard InChI is InChI=1S/C10H10N2O4/c11-6-1-2-8-7(3-6)12(9(14)4-13)10(15)5-16-8/h1-3,13H,4-5,11H2. The van der Waals surface area contributed by atoms with Crippen molar-refractivity contribution in [3.63, 3.8) is 0 Å². The summed E-state index contributed by atoms with van der Waals surface area (Å²) in [6, 6.07) is 4.64. The second-order valence-electron chi connectivity index (χ2n) is 3.30. The number of fused-ring (bicyclic) bond motifs is 1. The van der Waals surface area contributed by atoms with Gasteiger partial charge in [-0.05, 0) is 18.2 Å². The lowest BCUT2D eigenvalue weighted by Gasteiger charge is -2.27. The van der Waals surface area contributed by atoms with Gasteiger partial charge in [0.2, 0.25) is 0 Å². The normalized spacial score (nSPS) is 14.3. The lowest BCUT2D eigenvalue weighted by atomic mass is 10.2. The van der Waals surface area contributed by atoms with E-state index in [1.807, 2.05) is 0 Å². The second-order valence-corrected chi connectivity index (χ2v) is 3.30. The molecule has 1 aliphatic rings. The summed E-state index contributed by atoms with van der Waals surface area (Å²) < 4.78 is 5.13. The molecule has 0 aliphatic carbocycles. The van der Waals surface area contributed by atoms with Crippen LogP contribution in [0.2, 0.25) is 0 Å². The summed E-state index contributed by atoms with van der Waals surface area (Å²) in [5.41, 5.74) is 6.25. The third kappa shape index (κ3) is 1.59. The Labute approximate surface area is 91.2 Å². The number of aliphatic hydroxyl groups excluding tert-OH is 1. The summed E-state index contributed by atoms with van der Waals surface area (Å²) in [6.07, 6.45) is 0. The van der Waals surface area contributed by atoms with Crippen molar-refractivity contribution in [3.05, 3.63) is 18.2 Å². The summed E-state index contributed by atoms with van der Waals surface area (Å²) in [5, 5.41) is 8.78. The van der Waals surface area contributed by atoms with Crippen molar-refractivity contribution in [2.75, 3.05) is 23.8 Å². The van der Waals surface area contributed by atoms with Crippen molar-refractivity contribution in [3.8, 4) is 5.75 Å². The number of imide groups is 1. The number of amides is 2. The van der Waals surface area contributed by atoms with Crippen molar-refractivity contribution in [1.82, 2.24) is 0 Å². The van der Waals surface area contributed by atoms with Crippen molar-refractivity contribution < 1.29 is 19.4 Å². The van der Waals surface area contributed by atoms with Crippen LogP contribution in [0.25, 0.3) is 0 Å². The first-order chi connectivity index (χ1) is 7.63. The van der Waals surface area contributed by atoms with Crippen LogP contribution in [-0.2, 0) is 9.59 Å². The zero-order valence-corrected chi connectivity index (χ0v) is 8.34. The molecule has 0 spiro atoms. The first kappa shape index (κ1) is 10.4. The van der Waals surface area contributed by atoms with Gasteiger partial charge in [0.15, 0.2) is 6.61 Å². The predicted molar refractivity (Wildman–Crippen MR) is 55.9 cm³/mol. The minimum Gasteiger partial charge on any atom is -0.482 e. The molecule has 6 heteroatoms. The van der Waals surface area contributed by atoms with Crippen LogP contribution in [0.15, 0.2) is 18.2 Å². The van der Waals surface area contributed by atoms with Gasteiger partial charge in [-0.25, -0.2) is 4.90 Å². The summed E-state index contributed by atoms with van der Waals surface area (Å²) in [5.74, 6) is -0.812. The van der Waals surface area contributed by atoms with E-state index in [0.29, 0.717) is 11.4 Å². The molecule has 16 heavy (non-hydrogen) atoms. The monoisotopic (exact) mass is 222 g/mol. The molecule has 0 aromatic heterocycles. The van der Waals surface area contributed by atoms with Crippen molar-refractivity contribution >= 4 is 23.2 Å². The van der Waals surface area contributed by atoms with Crippen LogP contribution in [-0.4, -0.2) is 30.1 Å². The molecular formula is C10H10N2O4. The molecule has 84 valence electrons. The first-order valence-corrected chi connectivity index (χ1v) is 4.62. The molecule has 0 saturated heterocycles. The Hall–Kier alpha value is -2.08. The Balaban J connectivity index is 2.50. The van der Waals surface area contributed by atoms with Gasteiger partial charge in [-0.15, -0.1) is 0 Å². The van der Waals surface area contributed by atoms with Gasteiger partial charge in [-0.2, -0.15) is 0 Å². The molecule has 0 unspecified atom stereocenters. The highest BCUT2D eigenvalue weighted by atomic mass is 16.5. The minimum absolute atomic E-state index is 0.220. The van der Waals surface area contributed by atoms with E-state index in [9.17, 15) is 9.59 Å². The van der Waals surface area contributed by atoms with Gasteiger partial charge in [-0.1, -0.05) is 0 Å². The van der Waals surface area contributed by atoms with Gasteiger partial charge in [0.25, 0.3) is 11.8 Å². The van der Waals surface area contributed by atoms with Crippen LogP contribution < -0.4 is 15.4 Å². The lowest BCUT2D eigenvalue weighted by Crippen LogP contribution is -2.44. The van der Waals surface area contributed by atoms with E-state index in [0.717, 1.165) is 4.90 Å². The number of nitrogens with two attached hydrogens (primary N) is 1. The number of aliphatic hydroxyl groups is 1. The molecule has 1 aromatic rings. The molecule has 0 saturated carbocycles. The Bertz CT molecular complexity index is 458. The van der Waals surface area contributed by atoms with Crippen LogP contribution in [0.3, 0.4) is 0 Å². The molecule has 0 fully saturated rings. The maximum Gasteiger partial charge on any atom is 0.271 e. The average Bonchev–Trinajstić information content (AvgIpc) is 2.28. The fourth-order valence-corrected chi connectivity index (χ4v) is 1.51. The Kier molecular flexibility index (Phi) is 2.49. The molecule has 1 heterocycles. The molecule has 0 radical (unpaired) electrons. The number of nitrogens with zero attached hydrogens (tertiary/aromatic N) is 1. The molecule has 2 amide bonds. The summed E-state index contributed by atoms with van der Waals surface area (Å²) in [7, 11) is 0. The third-order valence-electron chi connectivity index (χ3n) is 2.21. The van der Waals surface area contributed by atoms with Gasteiger partial charge in [0.05, 0.1) is 5.69 Å². The number of hydrogen-bond acceptors (Lipinski definition) is 5. The minimum atomic E-state index is -0.736. The van der Waals surface area contributed by atoms with E-state index in [1.165, 1.54) is 6.07 Å². The highest BCUT2D eigenvalue weighted by molar-refractivity contribution is 6.17. The van der Waals surface area contributed by atoms with E-state index in [4.69, 9.17) is 15.6 Å². The number of benzene rings is 1. The molecule has 0 bridgehead atoms. The Morgan fingerprint density at radius 1 is 1.56 bits per heavy atom. The molecule has 0 atom stereocenters. The van der Waals surface area contributed by atoms with Gasteiger partial charge in [0.1, 0.15) is 12.4 Å². The zero-order chi connectivity index (χ0) is 11.7. The van der Waals surface area contributed by atoms with E-state index in [1.54, 1.807) is 12.1 Å². The molecule has 2 rings (SSSR count). The largest absolute Gasteiger partial charge is 0.482 e. The van der Waals surface area contributed by atoms with Crippen LogP contribution in [0.1, 0.15) is 0 Å². The van der Waals surface area contributed by atoms with Crippen molar-refractivity contribution in [1.29, 1.82) is 0 Å². The fourth-order valence-electron chi connectivity index (χ4n) is 1.51. The number of hydrogen-bond donors (Lipinski definition) is 2. The Morgan fingerprint density at radius 3 is 3.00 bits per heavy atom. The third-order valence-corrected chi connectivity index (χ3v) is 2.21. The molecule has 1 aromatic carbocycles. The SMILES string of the molecule is Nc1ccc2c(c1)N(C(=O)CO)C(=O)CO2. The van der Waals surface area contributed by atoms with E-state index in [2.05, 4.69) is 0 Å². The first-order valence-electron chi connectivity index (χ1n) is 4.62. The topological polar surface area (TPSA) is 92.9 Å². The summed E-state index contributed by atoms with van der Waals surface area (Å²) in [6.45, 7) is -0.956. The zero-order valence-electron chi connectivity index (χ0n) is 8.34. The maximum absolute atomic E-state index is 11.5. The van der Waals surface area contributed by atoms with Crippen LogP contribution in [0.4, 0.5) is 11.4 Å². The highest BCUT2D eigenvalue weighted by Crippen LogP contribution is 2.33. The van der Waals surface area contributed by atoms with Gasteiger partial charge < -0.3 is 15.6 Å². The van der Waals surface area contributed by atoms with E-state index in [-0.39, 0.29) is 12.3 Å². The maximum atomic E-state index is 11.5. The van der Waals surface area contributed by atoms with Crippen LogP contribution >= 0.6 is 0 Å². The number of nitrogen functional groups attached to an aromatic ring is 1. The van der Waals surface area contributed by atoms with Crippen molar-refractivity contribution in [2.45, 2.75) is 0 Å². The second kappa shape index (κ2) is 3.82. The number of carbonyl (C=O) groups is 2. The van der Waals surface area contributed by atoms with E-state index >= 15 is 0 Å². The lowest BCUT2D eigenvalue weighted by molar-refractivity contribution is -0.129. The molecule has 3 N–H and O–H groups in total. The van der Waals surface area contributed by atoms with Gasteiger partial charge in [-0.3, -0.25) is 9.59 Å². The summed E-state index contributed by atoms with van der Waals surface area (Å²) >= 11 is 0. The molecule has 1 aliphatic heterocycles.